The SMILES string of the molecule is C[C@@H]1CC=C2[C@@H]3[C@H]1C(=O)O[C@@H]3CC[C@@]2(C)CO. The van der Waals surface area contributed by atoms with Gasteiger partial charge in [-0.1, -0.05) is 25.5 Å². The van der Waals surface area contributed by atoms with Gasteiger partial charge in [-0.25, -0.2) is 0 Å². The van der Waals surface area contributed by atoms with Gasteiger partial charge in [0.1, 0.15) is 6.10 Å². The van der Waals surface area contributed by atoms with Crippen molar-refractivity contribution in [2.45, 2.75) is 39.2 Å². The average Bonchev–Trinajstić information content (AvgIpc) is 2.65. The molecule has 0 aromatic carbocycles. The minimum Gasteiger partial charge on any atom is -0.461 e. The van der Waals surface area contributed by atoms with Crippen LogP contribution in [0.25, 0.3) is 0 Å². The van der Waals surface area contributed by atoms with Crippen LogP contribution in [0.3, 0.4) is 0 Å². The van der Waals surface area contributed by atoms with E-state index in [4.69, 9.17) is 4.74 Å². The molecule has 0 amide bonds. The summed E-state index contributed by atoms with van der Waals surface area (Å²) in [6.45, 7) is 4.43. The summed E-state index contributed by atoms with van der Waals surface area (Å²) in [6, 6.07) is 0. The molecule has 94 valence electrons. The number of aliphatic hydroxyl groups excluding tert-OH is 1. The highest BCUT2D eigenvalue weighted by molar-refractivity contribution is 5.77. The minimum absolute atomic E-state index is 0.0136. The first-order valence-electron chi connectivity index (χ1n) is 6.59. The molecule has 0 radical (unpaired) electrons. The Labute approximate surface area is 102 Å². The van der Waals surface area contributed by atoms with Crippen molar-refractivity contribution >= 4 is 5.97 Å². The standard InChI is InChI=1S/C14H20O3/c1-8-3-4-9-12-10(17-13(16)11(8)12)5-6-14(9,2)7-15/h4,8,10-12,15H,3,5-7H2,1-2H3/t8-,10-,11+,12+,14+/m1/s1. The van der Waals surface area contributed by atoms with Gasteiger partial charge in [-0.2, -0.15) is 0 Å². The largest absolute Gasteiger partial charge is 0.461 e. The number of allylic oxidation sites excluding steroid dienone is 1. The number of esters is 1. The van der Waals surface area contributed by atoms with E-state index in [1.165, 1.54) is 5.57 Å². The second-order valence-electron chi connectivity index (χ2n) is 6.16. The summed E-state index contributed by atoms with van der Waals surface area (Å²) < 4.78 is 5.53. The van der Waals surface area contributed by atoms with Gasteiger partial charge in [0.05, 0.1) is 12.5 Å². The van der Waals surface area contributed by atoms with Gasteiger partial charge >= 0.3 is 5.97 Å². The average molecular weight is 236 g/mol. The van der Waals surface area contributed by atoms with Gasteiger partial charge in [0.15, 0.2) is 0 Å². The van der Waals surface area contributed by atoms with Crippen LogP contribution in [0.4, 0.5) is 0 Å². The molecule has 1 saturated carbocycles. The normalized spacial score (nSPS) is 48.4. The van der Waals surface area contributed by atoms with Crippen molar-refractivity contribution in [3.63, 3.8) is 0 Å². The van der Waals surface area contributed by atoms with Crippen molar-refractivity contribution < 1.29 is 14.6 Å². The zero-order valence-electron chi connectivity index (χ0n) is 10.5. The van der Waals surface area contributed by atoms with Crippen LogP contribution >= 0.6 is 0 Å². The zero-order chi connectivity index (χ0) is 12.2. The second-order valence-corrected chi connectivity index (χ2v) is 6.16. The van der Waals surface area contributed by atoms with E-state index in [2.05, 4.69) is 19.9 Å². The molecule has 1 saturated heterocycles. The van der Waals surface area contributed by atoms with Crippen molar-refractivity contribution in [1.82, 2.24) is 0 Å². The summed E-state index contributed by atoms with van der Waals surface area (Å²) in [4.78, 5) is 11.9. The fourth-order valence-electron chi connectivity index (χ4n) is 3.92. The van der Waals surface area contributed by atoms with Crippen LogP contribution < -0.4 is 0 Å². The minimum atomic E-state index is -0.131. The molecule has 0 unspecified atom stereocenters. The second kappa shape index (κ2) is 3.58. The predicted molar refractivity (Wildman–Crippen MR) is 63.2 cm³/mol. The van der Waals surface area contributed by atoms with Crippen LogP contribution in [-0.4, -0.2) is 23.8 Å². The quantitative estimate of drug-likeness (QED) is 0.558. The van der Waals surface area contributed by atoms with Crippen LogP contribution in [-0.2, 0) is 9.53 Å². The van der Waals surface area contributed by atoms with E-state index in [1.54, 1.807) is 0 Å². The van der Waals surface area contributed by atoms with Gasteiger partial charge in [-0.3, -0.25) is 4.79 Å². The van der Waals surface area contributed by atoms with Crippen LogP contribution in [0, 0.1) is 23.2 Å². The highest BCUT2D eigenvalue weighted by Gasteiger charge is 2.55. The van der Waals surface area contributed by atoms with Crippen molar-refractivity contribution in [2.75, 3.05) is 6.61 Å². The van der Waals surface area contributed by atoms with Gasteiger partial charge < -0.3 is 9.84 Å². The molecule has 0 spiro atoms. The van der Waals surface area contributed by atoms with E-state index in [9.17, 15) is 9.90 Å². The number of aliphatic hydroxyl groups is 1. The molecule has 3 heteroatoms. The van der Waals surface area contributed by atoms with Crippen LogP contribution in [0.15, 0.2) is 11.6 Å². The molecule has 3 aliphatic rings. The molecule has 3 nitrogen and oxygen atoms in total. The third-order valence-electron chi connectivity index (χ3n) is 5.04. The molecular formula is C14H20O3. The Morgan fingerprint density at radius 3 is 3.00 bits per heavy atom. The molecular weight excluding hydrogens is 216 g/mol. The van der Waals surface area contributed by atoms with Gasteiger partial charge in [0.2, 0.25) is 0 Å². The monoisotopic (exact) mass is 236 g/mol. The lowest BCUT2D eigenvalue weighted by molar-refractivity contribution is -0.145. The van der Waals surface area contributed by atoms with Gasteiger partial charge in [-0.05, 0) is 25.2 Å². The molecule has 0 aromatic heterocycles. The summed E-state index contributed by atoms with van der Waals surface area (Å²) in [5, 5.41) is 9.65. The molecule has 5 atom stereocenters. The Morgan fingerprint density at radius 2 is 2.29 bits per heavy atom. The number of carbonyl (C=O) groups is 1. The number of hydrogen-bond acceptors (Lipinski definition) is 3. The fraction of sp³-hybridized carbons (Fsp3) is 0.786. The number of rotatable bonds is 1. The van der Waals surface area contributed by atoms with E-state index in [-0.39, 0.29) is 35.9 Å². The zero-order valence-corrected chi connectivity index (χ0v) is 10.5. The van der Waals surface area contributed by atoms with E-state index >= 15 is 0 Å². The topological polar surface area (TPSA) is 46.5 Å². The van der Waals surface area contributed by atoms with Gasteiger partial charge in [0, 0.05) is 11.3 Å². The smallest absolute Gasteiger partial charge is 0.310 e. The molecule has 3 rings (SSSR count). The third-order valence-corrected chi connectivity index (χ3v) is 5.04. The van der Waals surface area contributed by atoms with E-state index in [0.29, 0.717) is 5.92 Å². The van der Waals surface area contributed by atoms with Crippen molar-refractivity contribution in [2.24, 2.45) is 23.2 Å². The van der Waals surface area contributed by atoms with Crippen LogP contribution in [0.1, 0.15) is 33.1 Å². The van der Waals surface area contributed by atoms with E-state index < -0.39 is 0 Å². The Bertz CT molecular complexity index is 387. The van der Waals surface area contributed by atoms with Crippen LogP contribution in [0.2, 0.25) is 0 Å². The molecule has 2 fully saturated rings. The van der Waals surface area contributed by atoms with Crippen molar-refractivity contribution in [3.8, 4) is 0 Å². The van der Waals surface area contributed by atoms with Crippen molar-refractivity contribution in [1.29, 1.82) is 0 Å². The summed E-state index contributed by atoms with van der Waals surface area (Å²) in [5.41, 5.74) is 1.15. The number of carbonyl (C=O) groups excluding carboxylic acids is 1. The molecule has 1 N–H and O–H groups in total. The summed E-state index contributed by atoms with van der Waals surface area (Å²) >= 11 is 0. The lowest BCUT2D eigenvalue weighted by Gasteiger charge is -2.44. The molecule has 1 heterocycles. The van der Waals surface area contributed by atoms with Gasteiger partial charge in [0.25, 0.3) is 0 Å². The lowest BCUT2D eigenvalue weighted by atomic mass is 9.59. The maximum absolute atomic E-state index is 11.9. The maximum Gasteiger partial charge on any atom is 0.310 e. The first-order chi connectivity index (χ1) is 8.07. The first-order valence-corrected chi connectivity index (χ1v) is 6.59. The summed E-state index contributed by atoms with van der Waals surface area (Å²) in [5.74, 6) is 0.630. The molecule has 1 aliphatic heterocycles. The maximum atomic E-state index is 11.9. The molecule has 2 aliphatic carbocycles. The third kappa shape index (κ3) is 1.41. The van der Waals surface area contributed by atoms with E-state index in [0.717, 1.165) is 19.3 Å². The Kier molecular flexibility index (Phi) is 2.37. The number of hydrogen-bond donors (Lipinski definition) is 1. The summed E-state index contributed by atoms with van der Waals surface area (Å²) in [7, 11) is 0. The molecule has 17 heavy (non-hydrogen) atoms. The predicted octanol–water partition coefficient (Wildman–Crippen LogP) is 1.90. The Balaban J connectivity index is 2.04. The fourth-order valence-corrected chi connectivity index (χ4v) is 3.92. The van der Waals surface area contributed by atoms with Gasteiger partial charge in [-0.15, -0.1) is 0 Å². The Morgan fingerprint density at radius 1 is 1.53 bits per heavy atom. The van der Waals surface area contributed by atoms with E-state index in [1.807, 2.05) is 0 Å². The highest BCUT2D eigenvalue weighted by Crippen LogP contribution is 2.55. The van der Waals surface area contributed by atoms with Crippen LogP contribution in [0.5, 0.6) is 0 Å². The number of ether oxygens (including phenoxy) is 1. The van der Waals surface area contributed by atoms with Crippen molar-refractivity contribution in [3.05, 3.63) is 11.6 Å². The molecule has 0 bridgehead atoms. The first kappa shape index (κ1) is 11.3. The summed E-state index contributed by atoms with van der Waals surface area (Å²) in [6.07, 6.45) is 5.09. The highest BCUT2D eigenvalue weighted by atomic mass is 16.6. The lowest BCUT2D eigenvalue weighted by Crippen LogP contribution is -2.43. The molecule has 0 aromatic rings. The Hall–Kier alpha value is -0.830.